The van der Waals surface area contributed by atoms with Crippen LogP contribution in [0.25, 0.3) is 11.4 Å². The van der Waals surface area contributed by atoms with Gasteiger partial charge in [-0.1, -0.05) is 20.8 Å². The first kappa shape index (κ1) is 10.7. The molecule has 0 unspecified atom stereocenters. The molecule has 16 heavy (non-hydrogen) atoms. The fraction of sp³-hybridized carbons (Fsp3) is 0.308. The summed E-state index contributed by atoms with van der Waals surface area (Å²) in [4.78, 5) is 7.64. The molecule has 84 valence electrons. The molecule has 1 aromatic carbocycles. The molecule has 2 N–H and O–H groups in total. The maximum Gasteiger partial charge on any atom is 0.137 e. The van der Waals surface area contributed by atoms with Crippen molar-refractivity contribution in [2.24, 2.45) is 0 Å². The molecule has 3 nitrogen and oxygen atoms in total. The maximum absolute atomic E-state index is 9.21. The smallest absolute Gasteiger partial charge is 0.137 e. The highest BCUT2D eigenvalue weighted by Crippen LogP contribution is 2.24. The molecule has 1 aromatic heterocycles. The van der Waals surface area contributed by atoms with Crippen molar-refractivity contribution in [3.05, 3.63) is 36.2 Å². The van der Waals surface area contributed by atoms with E-state index in [-0.39, 0.29) is 11.2 Å². The van der Waals surface area contributed by atoms with Gasteiger partial charge in [0.15, 0.2) is 0 Å². The molecular formula is C13H16N2O. The Kier molecular flexibility index (Phi) is 2.46. The van der Waals surface area contributed by atoms with Crippen molar-refractivity contribution in [1.29, 1.82) is 0 Å². The molecule has 0 aliphatic rings. The standard InChI is InChI=1S/C13H16N2O/c1-13(2,3)11-8-14-12(15-11)9-4-6-10(16)7-5-9/h4-8,16H,1-3H3,(H,14,15). The van der Waals surface area contributed by atoms with Gasteiger partial charge in [0.2, 0.25) is 0 Å². The highest BCUT2D eigenvalue weighted by Gasteiger charge is 2.16. The number of nitrogens with one attached hydrogen (secondary N) is 1. The van der Waals surface area contributed by atoms with Gasteiger partial charge in [-0.2, -0.15) is 0 Å². The quantitative estimate of drug-likeness (QED) is 0.769. The molecule has 0 radical (unpaired) electrons. The number of phenols is 1. The molecule has 0 saturated heterocycles. The van der Waals surface area contributed by atoms with Gasteiger partial charge in [-0.25, -0.2) is 4.98 Å². The van der Waals surface area contributed by atoms with E-state index in [9.17, 15) is 5.11 Å². The average molecular weight is 216 g/mol. The number of imidazole rings is 1. The molecule has 0 saturated carbocycles. The second-order valence-electron chi connectivity index (χ2n) is 4.94. The largest absolute Gasteiger partial charge is 0.508 e. The topological polar surface area (TPSA) is 48.9 Å². The Labute approximate surface area is 95.2 Å². The van der Waals surface area contributed by atoms with Gasteiger partial charge in [-0.15, -0.1) is 0 Å². The molecule has 2 rings (SSSR count). The number of aromatic hydroxyl groups is 1. The average Bonchev–Trinajstić information content (AvgIpc) is 2.67. The number of hydrogen-bond acceptors (Lipinski definition) is 2. The highest BCUT2D eigenvalue weighted by molar-refractivity contribution is 5.56. The molecule has 3 heteroatoms. The van der Waals surface area contributed by atoms with E-state index in [4.69, 9.17) is 0 Å². The Morgan fingerprint density at radius 1 is 1.12 bits per heavy atom. The van der Waals surface area contributed by atoms with Crippen LogP contribution in [0, 0.1) is 0 Å². The van der Waals surface area contributed by atoms with Crippen LogP contribution in [0.2, 0.25) is 0 Å². The van der Waals surface area contributed by atoms with E-state index in [2.05, 4.69) is 30.7 Å². The lowest BCUT2D eigenvalue weighted by molar-refractivity contribution is 0.475. The van der Waals surface area contributed by atoms with Crippen LogP contribution in [0.3, 0.4) is 0 Å². The molecule has 0 aliphatic heterocycles. The number of phenolic OH excluding ortho intramolecular Hbond substituents is 1. The lowest BCUT2D eigenvalue weighted by Crippen LogP contribution is -2.11. The number of aromatic amines is 1. The van der Waals surface area contributed by atoms with E-state index in [1.54, 1.807) is 12.1 Å². The minimum absolute atomic E-state index is 0.0716. The number of benzene rings is 1. The van der Waals surface area contributed by atoms with Crippen LogP contribution in [0.15, 0.2) is 30.5 Å². The fourth-order valence-corrected chi connectivity index (χ4v) is 1.47. The SMILES string of the molecule is CC(C)(C)c1cnc(-c2ccc(O)cc2)[nH]1. The van der Waals surface area contributed by atoms with E-state index in [0.717, 1.165) is 17.1 Å². The highest BCUT2D eigenvalue weighted by atomic mass is 16.3. The van der Waals surface area contributed by atoms with Crippen LogP contribution in [0.1, 0.15) is 26.5 Å². The first-order valence-corrected chi connectivity index (χ1v) is 5.32. The predicted octanol–water partition coefficient (Wildman–Crippen LogP) is 3.08. The number of H-pyrrole nitrogens is 1. The molecular weight excluding hydrogens is 200 g/mol. The summed E-state index contributed by atoms with van der Waals surface area (Å²) in [7, 11) is 0. The van der Waals surface area contributed by atoms with Gasteiger partial charge in [-0.05, 0) is 24.3 Å². The van der Waals surface area contributed by atoms with Crippen molar-refractivity contribution in [2.75, 3.05) is 0 Å². The van der Waals surface area contributed by atoms with Gasteiger partial charge in [0.1, 0.15) is 11.6 Å². The number of rotatable bonds is 1. The first-order valence-electron chi connectivity index (χ1n) is 5.32. The molecule has 0 atom stereocenters. The summed E-state index contributed by atoms with van der Waals surface area (Å²) in [6.07, 6.45) is 1.86. The Hall–Kier alpha value is -1.77. The van der Waals surface area contributed by atoms with Crippen LogP contribution in [0.5, 0.6) is 5.75 Å². The minimum Gasteiger partial charge on any atom is -0.508 e. The third-order valence-electron chi connectivity index (χ3n) is 2.52. The summed E-state index contributed by atoms with van der Waals surface area (Å²) in [5, 5.41) is 9.21. The molecule has 1 heterocycles. The second-order valence-corrected chi connectivity index (χ2v) is 4.94. The zero-order valence-electron chi connectivity index (χ0n) is 9.78. The lowest BCUT2D eigenvalue weighted by Gasteiger charge is -2.15. The third-order valence-corrected chi connectivity index (χ3v) is 2.52. The monoisotopic (exact) mass is 216 g/mol. The minimum atomic E-state index is 0.0716. The van der Waals surface area contributed by atoms with Crippen molar-refractivity contribution in [2.45, 2.75) is 26.2 Å². The number of hydrogen-bond donors (Lipinski definition) is 2. The summed E-state index contributed by atoms with van der Waals surface area (Å²) in [5.41, 5.74) is 2.16. The summed E-state index contributed by atoms with van der Waals surface area (Å²) in [6, 6.07) is 7.02. The second kappa shape index (κ2) is 3.67. The number of nitrogens with zero attached hydrogens (tertiary/aromatic N) is 1. The Morgan fingerprint density at radius 2 is 1.75 bits per heavy atom. The molecule has 2 aromatic rings. The van der Waals surface area contributed by atoms with Gasteiger partial charge in [-0.3, -0.25) is 0 Å². The van der Waals surface area contributed by atoms with E-state index in [1.165, 1.54) is 0 Å². The lowest BCUT2D eigenvalue weighted by atomic mass is 9.93. The zero-order chi connectivity index (χ0) is 11.8. The van der Waals surface area contributed by atoms with Crippen LogP contribution >= 0.6 is 0 Å². The van der Waals surface area contributed by atoms with E-state index < -0.39 is 0 Å². The van der Waals surface area contributed by atoms with Gasteiger partial charge in [0.05, 0.1) is 0 Å². The van der Waals surface area contributed by atoms with Crippen molar-refractivity contribution in [3.63, 3.8) is 0 Å². The van der Waals surface area contributed by atoms with Crippen LogP contribution in [-0.4, -0.2) is 15.1 Å². The third kappa shape index (κ3) is 2.08. The van der Waals surface area contributed by atoms with Crippen molar-refractivity contribution in [1.82, 2.24) is 9.97 Å². The normalized spacial score (nSPS) is 11.7. The van der Waals surface area contributed by atoms with Crippen molar-refractivity contribution >= 4 is 0 Å². The summed E-state index contributed by atoms with van der Waals surface area (Å²) in [5.74, 6) is 1.11. The predicted molar refractivity (Wildman–Crippen MR) is 64.4 cm³/mol. The Balaban J connectivity index is 2.35. The Morgan fingerprint density at radius 3 is 2.25 bits per heavy atom. The first-order chi connectivity index (χ1) is 7.47. The molecule has 0 aliphatic carbocycles. The van der Waals surface area contributed by atoms with Gasteiger partial charge in [0, 0.05) is 22.9 Å². The van der Waals surface area contributed by atoms with Crippen LogP contribution in [-0.2, 0) is 5.41 Å². The maximum atomic E-state index is 9.21. The molecule has 0 amide bonds. The van der Waals surface area contributed by atoms with Crippen LogP contribution < -0.4 is 0 Å². The number of aromatic nitrogens is 2. The van der Waals surface area contributed by atoms with Gasteiger partial charge >= 0.3 is 0 Å². The molecule has 0 spiro atoms. The molecule has 0 bridgehead atoms. The van der Waals surface area contributed by atoms with E-state index >= 15 is 0 Å². The van der Waals surface area contributed by atoms with Crippen molar-refractivity contribution in [3.8, 4) is 17.1 Å². The summed E-state index contributed by atoms with van der Waals surface area (Å²) < 4.78 is 0. The van der Waals surface area contributed by atoms with Crippen molar-refractivity contribution < 1.29 is 5.11 Å². The fourth-order valence-electron chi connectivity index (χ4n) is 1.47. The summed E-state index contributed by atoms with van der Waals surface area (Å²) >= 11 is 0. The van der Waals surface area contributed by atoms with Crippen LogP contribution in [0.4, 0.5) is 0 Å². The van der Waals surface area contributed by atoms with Gasteiger partial charge < -0.3 is 10.1 Å². The Bertz CT molecular complexity index is 477. The van der Waals surface area contributed by atoms with E-state index in [1.807, 2.05) is 18.3 Å². The summed E-state index contributed by atoms with van der Waals surface area (Å²) in [6.45, 7) is 6.42. The molecule has 0 fully saturated rings. The van der Waals surface area contributed by atoms with E-state index in [0.29, 0.717) is 0 Å². The zero-order valence-corrected chi connectivity index (χ0v) is 9.78. The van der Waals surface area contributed by atoms with Gasteiger partial charge in [0.25, 0.3) is 0 Å².